The van der Waals surface area contributed by atoms with Gasteiger partial charge in [0, 0.05) is 18.4 Å². The third-order valence-electron chi connectivity index (χ3n) is 3.15. The van der Waals surface area contributed by atoms with E-state index in [0.29, 0.717) is 19.1 Å². The molecule has 2 aromatic rings. The lowest BCUT2D eigenvalue weighted by Gasteiger charge is -2.11. The highest BCUT2D eigenvalue weighted by molar-refractivity contribution is 14.0. The van der Waals surface area contributed by atoms with Crippen LogP contribution in [0, 0.1) is 0 Å². The predicted octanol–water partition coefficient (Wildman–Crippen LogP) is 3.39. The molecule has 0 heterocycles. The van der Waals surface area contributed by atoms with E-state index in [-0.39, 0.29) is 24.0 Å². The third-order valence-corrected chi connectivity index (χ3v) is 3.15. The van der Waals surface area contributed by atoms with Crippen LogP contribution in [0.3, 0.4) is 0 Å². The Morgan fingerprint density at radius 1 is 1.13 bits per heavy atom. The molecule has 0 saturated carbocycles. The number of anilines is 1. The van der Waals surface area contributed by atoms with Gasteiger partial charge in [-0.05, 0) is 23.8 Å². The second kappa shape index (κ2) is 10.1. The summed E-state index contributed by atoms with van der Waals surface area (Å²) in [6, 6.07) is 15.6. The van der Waals surface area contributed by atoms with Crippen LogP contribution in [0.2, 0.25) is 0 Å². The number of aliphatic imine (C=N–C) groups is 1. The molecule has 0 unspecified atom stereocenters. The van der Waals surface area contributed by atoms with Crippen molar-refractivity contribution in [3.05, 3.63) is 59.7 Å². The number of methoxy groups -OCH3 is 2. The summed E-state index contributed by atoms with van der Waals surface area (Å²) in [7, 11) is 3.31. The van der Waals surface area contributed by atoms with Gasteiger partial charge in [0.25, 0.3) is 0 Å². The Morgan fingerprint density at radius 2 is 1.91 bits per heavy atom. The highest BCUT2D eigenvalue weighted by atomic mass is 127. The molecule has 5 nitrogen and oxygen atoms in total. The average Bonchev–Trinajstić information content (AvgIpc) is 2.55. The normalized spacial score (nSPS) is 10.8. The fraction of sp³-hybridized carbons (Fsp3) is 0.235. The second-order valence-electron chi connectivity index (χ2n) is 4.77. The van der Waals surface area contributed by atoms with Gasteiger partial charge in [-0.1, -0.05) is 30.3 Å². The summed E-state index contributed by atoms with van der Waals surface area (Å²) in [4.78, 5) is 4.35. The highest BCUT2D eigenvalue weighted by Crippen LogP contribution is 2.16. The van der Waals surface area contributed by atoms with Crippen molar-refractivity contribution in [3.63, 3.8) is 0 Å². The SMILES string of the molecule is COCc1ccccc1NC(N)=NCc1cccc(OC)c1.I. The predicted molar refractivity (Wildman–Crippen MR) is 105 cm³/mol. The molecule has 23 heavy (non-hydrogen) atoms. The van der Waals surface area contributed by atoms with Crippen molar-refractivity contribution in [1.29, 1.82) is 0 Å². The number of hydrogen-bond donors (Lipinski definition) is 2. The van der Waals surface area contributed by atoms with Crippen LogP contribution in [0.25, 0.3) is 0 Å². The Labute approximate surface area is 153 Å². The fourth-order valence-electron chi connectivity index (χ4n) is 2.05. The zero-order valence-electron chi connectivity index (χ0n) is 13.3. The number of hydrogen-bond acceptors (Lipinski definition) is 3. The number of halogens is 1. The first-order chi connectivity index (χ1) is 10.7. The summed E-state index contributed by atoms with van der Waals surface area (Å²) in [5, 5.41) is 3.11. The number of ether oxygens (including phenoxy) is 2. The molecule has 0 radical (unpaired) electrons. The van der Waals surface area contributed by atoms with E-state index >= 15 is 0 Å². The molecule has 0 aromatic heterocycles. The molecular formula is C17H22IN3O2. The average molecular weight is 427 g/mol. The van der Waals surface area contributed by atoms with E-state index in [1.165, 1.54) is 0 Å². The molecule has 2 rings (SSSR count). The number of nitrogens with zero attached hydrogens (tertiary/aromatic N) is 1. The standard InChI is InChI=1S/C17H21N3O2.HI/c1-21-12-14-7-3-4-9-16(14)20-17(18)19-11-13-6-5-8-15(10-13)22-2;/h3-10H,11-12H2,1-2H3,(H3,18,19,20);1H. The van der Waals surface area contributed by atoms with Crippen molar-refractivity contribution >= 4 is 35.6 Å². The van der Waals surface area contributed by atoms with Crippen molar-refractivity contribution in [2.24, 2.45) is 10.7 Å². The molecule has 0 saturated heterocycles. The summed E-state index contributed by atoms with van der Waals surface area (Å²) >= 11 is 0. The largest absolute Gasteiger partial charge is 0.497 e. The maximum atomic E-state index is 5.96. The monoisotopic (exact) mass is 427 g/mol. The number of guanidine groups is 1. The van der Waals surface area contributed by atoms with Gasteiger partial charge in [0.2, 0.25) is 0 Å². The van der Waals surface area contributed by atoms with Crippen LogP contribution in [0.4, 0.5) is 5.69 Å². The minimum atomic E-state index is 0. The Balaban J connectivity index is 0.00000264. The van der Waals surface area contributed by atoms with Crippen LogP contribution >= 0.6 is 24.0 Å². The molecule has 0 amide bonds. The molecule has 3 N–H and O–H groups in total. The van der Waals surface area contributed by atoms with Gasteiger partial charge in [-0.25, -0.2) is 4.99 Å². The fourth-order valence-corrected chi connectivity index (χ4v) is 2.05. The van der Waals surface area contributed by atoms with Crippen molar-refractivity contribution < 1.29 is 9.47 Å². The quantitative estimate of drug-likeness (QED) is 0.422. The van der Waals surface area contributed by atoms with Crippen LogP contribution in [-0.2, 0) is 17.9 Å². The topological polar surface area (TPSA) is 68.9 Å². The second-order valence-corrected chi connectivity index (χ2v) is 4.77. The lowest BCUT2D eigenvalue weighted by molar-refractivity contribution is 0.185. The van der Waals surface area contributed by atoms with E-state index in [0.717, 1.165) is 22.6 Å². The van der Waals surface area contributed by atoms with Gasteiger partial charge in [-0.3, -0.25) is 0 Å². The van der Waals surface area contributed by atoms with Crippen molar-refractivity contribution in [2.45, 2.75) is 13.2 Å². The van der Waals surface area contributed by atoms with Gasteiger partial charge in [-0.2, -0.15) is 0 Å². The molecule has 0 bridgehead atoms. The van der Waals surface area contributed by atoms with E-state index < -0.39 is 0 Å². The summed E-state index contributed by atoms with van der Waals surface area (Å²) < 4.78 is 10.4. The molecular weight excluding hydrogens is 405 g/mol. The van der Waals surface area contributed by atoms with Crippen LogP contribution in [0.5, 0.6) is 5.75 Å². The molecule has 124 valence electrons. The minimum Gasteiger partial charge on any atom is -0.497 e. The first-order valence-corrected chi connectivity index (χ1v) is 6.99. The van der Waals surface area contributed by atoms with E-state index in [9.17, 15) is 0 Å². The first-order valence-electron chi connectivity index (χ1n) is 6.99. The van der Waals surface area contributed by atoms with Crippen LogP contribution in [0.15, 0.2) is 53.5 Å². The van der Waals surface area contributed by atoms with Gasteiger partial charge < -0.3 is 20.5 Å². The maximum absolute atomic E-state index is 5.96. The Morgan fingerprint density at radius 3 is 2.65 bits per heavy atom. The lowest BCUT2D eigenvalue weighted by atomic mass is 10.2. The van der Waals surface area contributed by atoms with Crippen LogP contribution in [-0.4, -0.2) is 20.2 Å². The van der Waals surface area contributed by atoms with E-state index in [1.54, 1.807) is 14.2 Å². The number of rotatable bonds is 6. The summed E-state index contributed by atoms with van der Waals surface area (Å²) in [5.41, 5.74) is 8.92. The highest BCUT2D eigenvalue weighted by Gasteiger charge is 2.02. The van der Waals surface area contributed by atoms with Gasteiger partial charge in [0.05, 0.1) is 20.3 Å². The van der Waals surface area contributed by atoms with E-state index in [1.807, 2.05) is 48.5 Å². The molecule has 2 aromatic carbocycles. The number of para-hydroxylation sites is 1. The van der Waals surface area contributed by atoms with Gasteiger partial charge >= 0.3 is 0 Å². The molecule has 0 aliphatic carbocycles. The minimum absolute atomic E-state index is 0. The van der Waals surface area contributed by atoms with E-state index in [2.05, 4.69) is 10.3 Å². The molecule has 0 spiro atoms. The summed E-state index contributed by atoms with van der Waals surface area (Å²) in [6.07, 6.45) is 0. The Kier molecular flexibility index (Phi) is 8.42. The van der Waals surface area contributed by atoms with E-state index in [4.69, 9.17) is 15.2 Å². The smallest absolute Gasteiger partial charge is 0.193 e. The Bertz CT molecular complexity index is 647. The van der Waals surface area contributed by atoms with Crippen molar-refractivity contribution in [3.8, 4) is 5.75 Å². The molecule has 0 aliphatic rings. The zero-order chi connectivity index (χ0) is 15.8. The van der Waals surface area contributed by atoms with Gasteiger partial charge in [0.15, 0.2) is 5.96 Å². The number of benzene rings is 2. The van der Waals surface area contributed by atoms with Crippen LogP contribution < -0.4 is 15.8 Å². The summed E-state index contributed by atoms with van der Waals surface area (Å²) in [6.45, 7) is 1.01. The summed E-state index contributed by atoms with van der Waals surface area (Å²) in [5.74, 6) is 1.18. The van der Waals surface area contributed by atoms with Gasteiger partial charge in [-0.15, -0.1) is 24.0 Å². The molecule has 0 atom stereocenters. The van der Waals surface area contributed by atoms with Crippen molar-refractivity contribution in [1.82, 2.24) is 0 Å². The molecule has 0 aliphatic heterocycles. The lowest BCUT2D eigenvalue weighted by Crippen LogP contribution is -2.23. The first kappa shape index (κ1) is 19.2. The number of nitrogens with one attached hydrogen (secondary N) is 1. The maximum Gasteiger partial charge on any atom is 0.193 e. The van der Waals surface area contributed by atoms with Crippen molar-refractivity contribution in [2.75, 3.05) is 19.5 Å². The molecule has 0 fully saturated rings. The van der Waals surface area contributed by atoms with Gasteiger partial charge in [0.1, 0.15) is 5.75 Å². The number of nitrogens with two attached hydrogens (primary N) is 1. The zero-order valence-corrected chi connectivity index (χ0v) is 15.6. The third kappa shape index (κ3) is 6.07. The molecule has 6 heteroatoms. The van der Waals surface area contributed by atoms with Crippen LogP contribution in [0.1, 0.15) is 11.1 Å². The Hall–Kier alpha value is -1.80.